The SMILES string of the molecule is CS(=O)(=O)C(C(=O)NCC(=O)NC1CC1)c1nc2cc(F)c(-c3ccc4[nH]c(=O)ccc4c3)cc2s1. The molecule has 2 heterocycles. The largest absolute Gasteiger partial charge is 0.352 e. The summed E-state index contributed by atoms with van der Waals surface area (Å²) in [5, 5.41) is 4.16. The van der Waals surface area contributed by atoms with E-state index in [2.05, 4.69) is 20.6 Å². The van der Waals surface area contributed by atoms with Crippen LogP contribution in [-0.4, -0.2) is 49.0 Å². The smallest absolute Gasteiger partial charge is 0.248 e. The van der Waals surface area contributed by atoms with Gasteiger partial charge in [0.05, 0.1) is 16.8 Å². The molecule has 0 saturated heterocycles. The van der Waals surface area contributed by atoms with E-state index in [0.29, 0.717) is 15.8 Å². The second-order valence-corrected chi connectivity index (χ2v) is 11.9. The molecule has 5 rings (SSSR count). The van der Waals surface area contributed by atoms with E-state index in [1.807, 2.05) is 0 Å². The van der Waals surface area contributed by atoms with Crippen LogP contribution in [0.25, 0.3) is 32.2 Å². The number of aromatic nitrogens is 2. The fourth-order valence-electron chi connectivity index (χ4n) is 3.88. The zero-order valence-electron chi connectivity index (χ0n) is 19.0. The first kappa shape index (κ1) is 24.1. The number of pyridine rings is 1. The molecular formula is C24H21FN4O5S2. The zero-order chi connectivity index (χ0) is 25.6. The van der Waals surface area contributed by atoms with Gasteiger partial charge in [0, 0.05) is 35.5 Å². The number of amides is 2. The number of nitrogens with one attached hydrogen (secondary N) is 3. The summed E-state index contributed by atoms with van der Waals surface area (Å²) >= 11 is 0.973. The molecule has 12 heteroatoms. The zero-order valence-corrected chi connectivity index (χ0v) is 20.6. The molecule has 1 aliphatic carbocycles. The third-order valence-corrected chi connectivity index (χ3v) is 8.31. The molecule has 1 atom stereocenters. The van der Waals surface area contributed by atoms with E-state index in [1.165, 1.54) is 12.1 Å². The third kappa shape index (κ3) is 5.00. The molecule has 1 unspecified atom stereocenters. The van der Waals surface area contributed by atoms with Gasteiger partial charge in [-0.1, -0.05) is 6.07 Å². The van der Waals surface area contributed by atoms with Crippen molar-refractivity contribution in [3.63, 3.8) is 0 Å². The van der Waals surface area contributed by atoms with Gasteiger partial charge in [-0.25, -0.2) is 17.8 Å². The number of thiazole rings is 1. The van der Waals surface area contributed by atoms with Gasteiger partial charge in [0.25, 0.3) is 0 Å². The normalized spacial score (nSPS) is 14.6. The quantitative estimate of drug-likeness (QED) is 0.337. The van der Waals surface area contributed by atoms with Crippen molar-refractivity contribution in [1.29, 1.82) is 0 Å². The van der Waals surface area contributed by atoms with Crippen LogP contribution in [0.4, 0.5) is 4.39 Å². The second-order valence-electron chi connectivity index (χ2n) is 8.75. The highest BCUT2D eigenvalue weighted by Crippen LogP contribution is 2.35. The van der Waals surface area contributed by atoms with Gasteiger partial charge in [-0.05, 0) is 48.1 Å². The molecular weight excluding hydrogens is 507 g/mol. The molecule has 186 valence electrons. The number of rotatable bonds is 7. The van der Waals surface area contributed by atoms with E-state index in [0.717, 1.165) is 35.8 Å². The predicted molar refractivity (Wildman–Crippen MR) is 135 cm³/mol. The summed E-state index contributed by atoms with van der Waals surface area (Å²) in [7, 11) is -3.94. The van der Waals surface area contributed by atoms with Gasteiger partial charge in [0.15, 0.2) is 15.1 Å². The lowest BCUT2D eigenvalue weighted by molar-refractivity contribution is -0.126. The maximum Gasteiger partial charge on any atom is 0.248 e. The monoisotopic (exact) mass is 528 g/mol. The average Bonchev–Trinajstić information content (AvgIpc) is 3.53. The van der Waals surface area contributed by atoms with E-state index in [1.54, 1.807) is 30.3 Å². The number of benzene rings is 2. The maximum absolute atomic E-state index is 15.1. The van der Waals surface area contributed by atoms with Crippen LogP contribution in [0.15, 0.2) is 47.3 Å². The van der Waals surface area contributed by atoms with Gasteiger partial charge in [-0.2, -0.15) is 0 Å². The Bertz CT molecular complexity index is 1690. The summed E-state index contributed by atoms with van der Waals surface area (Å²) in [5.41, 5.74) is 1.41. The fourth-order valence-corrected chi connectivity index (χ4v) is 6.41. The Morgan fingerprint density at radius 1 is 1.19 bits per heavy atom. The number of aromatic amines is 1. The predicted octanol–water partition coefficient (Wildman–Crippen LogP) is 2.42. The van der Waals surface area contributed by atoms with Gasteiger partial charge in [0.1, 0.15) is 10.8 Å². The molecule has 2 aromatic heterocycles. The van der Waals surface area contributed by atoms with Crippen molar-refractivity contribution in [3.05, 3.63) is 63.6 Å². The minimum Gasteiger partial charge on any atom is -0.352 e. The van der Waals surface area contributed by atoms with E-state index >= 15 is 4.39 Å². The molecule has 3 N–H and O–H groups in total. The Kier molecular flexibility index (Phi) is 6.08. The van der Waals surface area contributed by atoms with Crippen LogP contribution in [0.3, 0.4) is 0 Å². The summed E-state index contributed by atoms with van der Waals surface area (Å²) in [5.74, 6) is -1.83. The number of fused-ring (bicyclic) bond motifs is 2. The minimum atomic E-state index is -3.94. The number of sulfone groups is 1. The molecule has 0 radical (unpaired) electrons. The highest BCUT2D eigenvalue weighted by Gasteiger charge is 2.34. The summed E-state index contributed by atoms with van der Waals surface area (Å²) < 4.78 is 40.5. The Morgan fingerprint density at radius 2 is 1.97 bits per heavy atom. The highest BCUT2D eigenvalue weighted by molar-refractivity contribution is 7.91. The second kappa shape index (κ2) is 9.10. The first-order valence-corrected chi connectivity index (χ1v) is 13.8. The van der Waals surface area contributed by atoms with E-state index < -0.39 is 32.7 Å². The van der Waals surface area contributed by atoms with Crippen LogP contribution in [0.1, 0.15) is 23.1 Å². The number of carbonyl (C=O) groups is 2. The van der Waals surface area contributed by atoms with Crippen LogP contribution in [0.5, 0.6) is 0 Å². The molecule has 1 fully saturated rings. The van der Waals surface area contributed by atoms with E-state index in [-0.39, 0.29) is 34.2 Å². The number of hydrogen-bond donors (Lipinski definition) is 3. The number of carbonyl (C=O) groups excluding carboxylic acids is 2. The molecule has 1 saturated carbocycles. The Morgan fingerprint density at radius 3 is 2.69 bits per heavy atom. The lowest BCUT2D eigenvalue weighted by Crippen LogP contribution is -2.41. The average molecular weight is 529 g/mol. The molecule has 36 heavy (non-hydrogen) atoms. The van der Waals surface area contributed by atoms with E-state index in [9.17, 15) is 22.8 Å². The van der Waals surface area contributed by atoms with Crippen molar-refractivity contribution in [3.8, 4) is 11.1 Å². The van der Waals surface area contributed by atoms with Crippen molar-refractivity contribution in [2.45, 2.75) is 24.1 Å². The summed E-state index contributed by atoms with van der Waals surface area (Å²) in [6, 6.07) is 11.0. The molecule has 9 nitrogen and oxygen atoms in total. The number of H-pyrrole nitrogens is 1. The summed E-state index contributed by atoms with van der Waals surface area (Å²) in [6.07, 6.45) is 2.68. The number of nitrogens with zero attached hydrogens (tertiary/aromatic N) is 1. The Balaban J connectivity index is 1.47. The lowest BCUT2D eigenvalue weighted by Gasteiger charge is -2.12. The van der Waals surface area contributed by atoms with Crippen molar-refractivity contribution in [2.24, 2.45) is 0 Å². The van der Waals surface area contributed by atoms with Gasteiger partial charge >= 0.3 is 0 Å². The first-order valence-electron chi connectivity index (χ1n) is 11.1. The summed E-state index contributed by atoms with van der Waals surface area (Å²) in [6.45, 7) is -0.349. The van der Waals surface area contributed by atoms with Crippen LogP contribution in [0, 0.1) is 5.82 Å². The standard InChI is InChI=1S/C24H21FN4O5S2/c1-36(33,34)22(23(32)26-11-21(31)27-14-4-5-14)24-29-18-10-16(25)15(9-19(18)35-24)12-2-6-17-13(8-12)3-7-20(30)28-17/h2-3,6-10,14,22H,4-5,11H2,1H3,(H,26,32)(H,27,31)(H,28,30). The highest BCUT2D eigenvalue weighted by atomic mass is 32.2. The van der Waals surface area contributed by atoms with Crippen LogP contribution in [0.2, 0.25) is 0 Å². The molecule has 4 aromatic rings. The number of hydrogen-bond acceptors (Lipinski definition) is 7. The minimum absolute atomic E-state index is 0.0137. The van der Waals surface area contributed by atoms with Gasteiger partial charge in [-0.15, -0.1) is 11.3 Å². The molecule has 0 spiro atoms. The van der Waals surface area contributed by atoms with Crippen LogP contribution < -0.4 is 16.2 Å². The molecule has 0 aliphatic heterocycles. The lowest BCUT2D eigenvalue weighted by atomic mass is 10.0. The van der Waals surface area contributed by atoms with Gasteiger partial charge in [-0.3, -0.25) is 14.4 Å². The fraction of sp³-hybridized carbons (Fsp3) is 0.250. The van der Waals surface area contributed by atoms with Crippen molar-refractivity contribution in [1.82, 2.24) is 20.6 Å². The Labute approximate surface area is 208 Å². The third-order valence-electron chi connectivity index (χ3n) is 5.78. The van der Waals surface area contributed by atoms with Crippen LogP contribution >= 0.6 is 11.3 Å². The Hall–Kier alpha value is -3.64. The molecule has 0 bridgehead atoms. The van der Waals surface area contributed by atoms with Crippen molar-refractivity contribution < 1.29 is 22.4 Å². The van der Waals surface area contributed by atoms with E-state index in [4.69, 9.17) is 0 Å². The molecule has 2 aromatic carbocycles. The van der Waals surface area contributed by atoms with Gasteiger partial charge < -0.3 is 15.6 Å². The maximum atomic E-state index is 15.1. The van der Waals surface area contributed by atoms with Crippen molar-refractivity contribution in [2.75, 3.05) is 12.8 Å². The van der Waals surface area contributed by atoms with Crippen LogP contribution in [-0.2, 0) is 19.4 Å². The molecule has 1 aliphatic rings. The van der Waals surface area contributed by atoms with Crippen molar-refractivity contribution >= 4 is 54.1 Å². The number of halogens is 1. The topological polar surface area (TPSA) is 138 Å². The molecule has 2 amide bonds. The van der Waals surface area contributed by atoms with Gasteiger partial charge in [0.2, 0.25) is 17.4 Å². The first-order chi connectivity index (χ1) is 17.1. The summed E-state index contributed by atoms with van der Waals surface area (Å²) in [4.78, 5) is 43.1.